The Morgan fingerprint density at radius 3 is 2.82 bits per heavy atom. The van der Waals surface area contributed by atoms with Crippen LogP contribution in [0, 0.1) is 5.41 Å². The third kappa shape index (κ3) is 2.31. The molecule has 2 rings (SSSR count). The Labute approximate surface area is 101 Å². The van der Waals surface area contributed by atoms with Gasteiger partial charge >= 0.3 is 0 Å². The van der Waals surface area contributed by atoms with Gasteiger partial charge in [-0.15, -0.1) is 10.2 Å². The summed E-state index contributed by atoms with van der Waals surface area (Å²) in [6, 6.07) is -0.475. The smallest absolute Gasteiger partial charge is 0.240 e. The molecule has 94 valence electrons. The number of hydrogen-bond donors (Lipinski definition) is 1. The first-order chi connectivity index (χ1) is 7.89. The summed E-state index contributed by atoms with van der Waals surface area (Å²) >= 11 is 0. The van der Waals surface area contributed by atoms with Crippen LogP contribution >= 0.6 is 0 Å². The lowest BCUT2D eigenvalue weighted by atomic mass is 9.86. The predicted octanol–water partition coefficient (Wildman–Crippen LogP) is -0.00630. The lowest BCUT2D eigenvalue weighted by molar-refractivity contribution is -0.136. The second-order valence-corrected chi connectivity index (χ2v) is 5.54. The van der Waals surface area contributed by atoms with E-state index in [0.717, 1.165) is 12.4 Å². The minimum Gasteiger partial charge on any atom is -0.332 e. The van der Waals surface area contributed by atoms with Gasteiger partial charge in [-0.3, -0.25) is 4.79 Å². The van der Waals surface area contributed by atoms with Gasteiger partial charge in [0.25, 0.3) is 0 Å². The van der Waals surface area contributed by atoms with E-state index in [9.17, 15) is 4.79 Å². The van der Waals surface area contributed by atoms with E-state index in [0.29, 0.717) is 13.1 Å². The fourth-order valence-corrected chi connectivity index (χ4v) is 1.82. The number of fused-ring (bicyclic) bond motifs is 1. The molecule has 6 heteroatoms. The van der Waals surface area contributed by atoms with Crippen LogP contribution < -0.4 is 5.73 Å². The Kier molecular flexibility index (Phi) is 2.91. The molecule has 0 unspecified atom stereocenters. The molecule has 1 atom stereocenters. The number of nitrogens with two attached hydrogens (primary N) is 1. The highest BCUT2D eigenvalue weighted by Gasteiger charge is 2.32. The van der Waals surface area contributed by atoms with E-state index in [1.807, 2.05) is 25.3 Å². The molecule has 0 fully saturated rings. The molecule has 17 heavy (non-hydrogen) atoms. The van der Waals surface area contributed by atoms with Gasteiger partial charge in [0.05, 0.1) is 12.6 Å². The van der Waals surface area contributed by atoms with E-state index >= 15 is 0 Å². The van der Waals surface area contributed by atoms with Crippen LogP contribution in [0.3, 0.4) is 0 Å². The maximum Gasteiger partial charge on any atom is 0.240 e. The standard InChI is InChI=1S/C11H19N5O/c1-11(2,3)9(12)10(17)15-4-5-16-7-13-14-8(16)6-15/h7,9H,4-6,12H2,1-3H3/t9-/m0/s1. The number of carbonyl (C=O) groups excluding carboxylic acids is 1. The minimum atomic E-state index is -0.475. The van der Waals surface area contributed by atoms with E-state index in [2.05, 4.69) is 10.2 Å². The zero-order chi connectivity index (χ0) is 12.6. The number of hydrogen-bond acceptors (Lipinski definition) is 4. The van der Waals surface area contributed by atoms with Gasteiger partial charge in [0.2, 0.25) is 5.91 Å². The van der Waals surface area contributed by atoms with Crippen LogP contribution in [0.15, 0.2) is 6.33 Å². The van der Waals surface area contributed by atoms with Gasteiger partial charge in [0, 0.05) is 13.1 Å². The lowest BCUT2D eigenvalue weighted by Crippen LogP contribution is -2.52. The van der Waals surface area contributed by atoms with Crippen molar-refractivity contribution >= 4 is 5.91 Å². The second kappa shape index (κ2) is 4.10. The van der Waals surface area contributed by atoms with Gasteiger partial charge < -0.3 is 15.2 Å². The van der Waals surface area contributed by atoms with Gasteiger partial charge in [-0.25, -0.2) is 0 Å². The van der Waals surface area contributed by atoms with Crippen LogP contribution in [0.25, 0.3) is 0 Å². The molecule has 0 aromatic carbocycles. The van der Waals surface area contributed by atoms with Gasteiger partial charge in [-0.1, -0.05) is 20.8 Å². The molecule has 1 aliphatic rings. The summed E-state index contributed by atoms with van der Waals surface area (Å²) in [5, 5.41) is 7.82. The van der Waals surface area contributed by atoms with Crippen molar-refractivity contribution in [2.24, 2.45) is 11.1 Å². The number of amides is 1. The van der Waals surface area contributed by atoms with E-state index in [1.54, 1.807) is 11.2 Å². The minimum absolute atomic E-state index is 0.00764. The normalized spacial score (nSPS) is 17.8. The highest BCUT2D eigenvalue weighted by molar-refractivity contribution is 5.82. The Morgan fingerprint density at radius 2 is 2.18 bits per heavy atom. The average molecular weight is 237 g/mol. The summed E-state index contributed by atoms with van der Waals surface area (Å²) in [7, 11) is 0. The van der Waals surface area contributed by atoms with Crippen molar-refractivity contribution in [2.75, 3.05) is 6.54 Å². The molecule has 1 aliphatic heterocycles. The first-order valence-corrected chi connectivity index (χ1v) is 5.80. The van der Waals surface area contributed by atoms with Crippen molar-refractivity contribution < 1.29 is 4.79 Å². The van der Waals surface area contributed by atoms with Crippen LogP contribution in [0.5, 0.6) is 0 Å². The number of rotatable bonds is 1. The third-order valence-corrected chi connectivity index (χ3v) is 3.15. The van der Waals surface area contributed by atoms with Gasteiger partial charge in [-0.05, 0) is 5.41 Å². The van der Waals surface area contributed by atoms with Crippen molar-refractivity contribution in [3.63, 3.8) is 0 Å². The van der Waals surface area contributed by atoms with E-state index < -0.39 is 6.04 Å². The van der Waals surface area contributed by atoms with Crippen molar-refractivity contribution in [3.8, 4) is 0 Å². The summed E-state index contributed by atoms with van der Waals surface area (Å²) in [5.41, 5.74) is 5.77. The average Bonchev–Trinajstić information content (AvgIpc) is 2.72. The fraction of sp³-hybridized carbons (Fsp3) is 0.727. The first kappa shape index (κ1) is 12.0. The maximum absolute atomic E-state index is 12.2. The zero-order valence-corrected chi connectivity index (χ0v) is 10.6. The second-order valence-electron chi connectivity index (χ2n) is 5.54. The predicted molar refractivity (Wildman–Crippen MR) is 62.9 cm³/mol. The van der Waals surface area contributed by atoms with E-state index in [1.165, 1.54) is 0 Å². The van der Waals surface area contributed by atoms with Crippen LogP contribution in [0.1, 0.15) is 26.6 Å². The molecule has 6 nitrogen and oxygen atoms in total. The Morgan fingerprint density at radius 1 is 1.47 bits per heavy atom. The molecule has 0 radical (unpaired) electrons. The molecule has 0 saturated heterocycles. The highest BCUT2D eigenvalue weighted by Crippen LogP contribution is 2.20. The molecule has 2 heterocycles. The largest absolute Gasteiger partial charge is 0.332 e. The molecule has 0 bridgehead atoms. The molecular formula is C11H19N5O. The molecule has 1 aromatic heterocycles. The van der Waals surface area contributed by atoms with Crippen molar-refractivity contribution in [3.05, 3.63) is 12.2 Å². The Balaban J connectivity index is 2.09. The van der Waals surface area contributed by atoms with E-state index in [-0.39, 0.29) is 11.3 Å². The van der Waals surface area contributed by atoms with Crippen LogP contribution in [-0.2, 0) is 17.9 Å². The van der Waals surface area contributed by atoms with Crippen molar-refractivity contribution in [1.29, 1.82) is 0 Å². The molecule has 0 spiro atoms. The summed E-state index contributed by atoms with van der Waals surface area (Å²) in [6.45, 7) is 7.84. The van der Waals surface area contributed by atoms with Crippen LogP contribution in [0.2, 0.25) is 0 Å². The SMILES string of the molecule is CC(C)(C)[C@@H](N)C(=O)N1CCn2cnnc2C1. The van der Waals surface area contributed by atoms with Crippen LogP contribution in [0.4, 0.5) is 0 Å². The summed E-state index contributed by atoms with van der Waals surface area (Å²) in [5.74, 6) is 0.817. The van der Waals surface area contributed by atoms with Crippen LogP contribution in [-0.4, -0.2) is 38.2 Å². The topological polar surface area (TPSA) is 77.0 Å². The molecule has 1 amide bonds. The number of nitrogens with zero attached hydrogens (tertiary/aromatic N) is 4. The first-order valence-electron chi connectivity index (χ1n) is 5.80. The molecule has 2 N–H and O–H groups in total. The maximum atomic E-state index is 12.2. The van der Waals surface area contributed by atoms with E-state index in [4.69, 9.17) is 5.73 Å². The lowest BCUT2D eigenvalue weighted by Gasteiger charge is -2.33. The Hall–Kier alpha value is -1.43. The monoisotopic (exact) mass is 237 g/mol. The van der Waals surface area contributed by atoms with Crippen molar-refractivity contribution in [2.45, 2.75) is 39.9 Å². The molecule has 1 aromatic rings. The highest BCUT2D eigenvalue weighted by atomic mass is 16.2. The molecule has 0 aliphatic carbocycles. The third-order valence-electron chi connectivity index (χ3n) is 3.15. The fourth-order valence-electron chi connectivity index (χ4n) is 1.82. The van der Waals surface area contributed by atoms with Crippen molar-refractivity contribution in [1.82, 2.24) is 19.7 Å². The number of aromatic nitrogens is 3. The summed E-state index contributed by atoms with van der Waals surface area (Å²) in [4.78, 5) is 14.0. The van der Waals surface area contributed by atoms with Gasteiger partial charge in [-0.2, -0.15) is 0 Å². The van der Waals surface area contributed by atoms with Gasteiger partial charge in [0.15, 0.2) is 5.82 Å². The quantitative estimate of drug-likeness (QED) is 0.745. The molecule has 0 saturated carbocycles. The summed E-state index contributed by atoms with van der Waals surface area (Å²) < 4.78 is 1.96. The van der Waals surface area contributed by atoms with Gasteiger partial charge in [0.1, 0.15) is 6.33 Å². The Bertz CT molecular complexity index is 420. The zero-order valence-electron chi connectivity index (χ0n) is 10.6. The number of carbonyl (C=O) groups is 1. The summed E-state index contributed by atoms with van der Waals surface area (Å²) in [6.07, 6.45) is 1.70. The molecular weight excluding hydrogens is 218 g/mol.